The van der Waals surface area contributed by atoms with Crippen LogP contribution < -0.4 is 24.3 Å². The molecule has 0 aromatic heterocycles. The minimum Gasteiger partial charge on any atom is -0.502 e. The summed E-state index contributed by atoms with van der Waals surface area (Å²) in [6.07, 6.45) is -8.05. The molecule has 0 saturated carbocycles. The van der Waals surface area contributed by atoms with E-state index in [-0.39, 0.29) is 45.6 Å². The number of anilines is 1. The Morgan fingerprint density at radius 1 is 0.897 bits per heavy atom. The van der Waals surface area contributed by atoms with Gasteiger partial charge in [0.1, 0.15) is 31.0 Å². The number of aliphatic hydroxyl groups excluding tert-OH is 3. The second-order valence-electron chi connectivity index (χ2n) is 8.34. The lowest BCUT2D eigenvalue weighted by molar-refractivity contribution is -0.277. The Bertz CT molecular complexity index is 1160. The van der Waals surface area contributed by atoms with E-state index in [9.17, 15) is 35.1 Å². The van der Waals surface area contributed by atoms with Crippen LogP contribution in [0.4, 0.5) is 5.69 Å². The van der Waals surface area contributed by atoms with E-state index in [1.54, 1.807) is 6.92 Å². The quantitative estimate of drug-likeness (QED) is 0.211. The smallest absolute Gasteiger partial charge is 0.338 e. The highest BCUT2D eigenvalue weighted by Gasteiger charge is 2.46. The molecule has 0 amide bonds. The largest absolute Gasteiger partial charge is 0.502 e. The number of phenols is 1. The fourth-order valence-corrected chi connectivity index (χ4v) is 3.85. The number of esters is 1. The predicted molar refractivity (Wildman–Crippen MR) is 133 cm³/mol. The number of aliphatic hydroxyl groups is 3. The van der Waals surface area contributed by atoms with Crippen LogP contribution in [0.2, 0.25) is 0 Å². The highest BCUT2D eigenvalue weighted by atomic mass is 16.7. The molecule has 14 nitrogen and oxygen atoms in total. The zero-order chi connectivity index (χ0) is 28.9. The lowest BCUT2D eigenvalue weighted by Gasteiger charge is -2.40. The second-order valence-corrected chi connectivity index (χ2v) is 8.34. The molecule has 2 aromatic carbocycles. The van der Waals surface area contributed by atoms with Gasteiger partial charge in [-0.3, -0.25) is 0 Å². The van der Waals surface area contributed by atoms with Gasteiger partial charge in [-0.25, -0.2) is 9.59 Å². The number of methoxy groups -OCH3 is 3. The molecule has 0 radical (unpaired) electrons. The van der Waals surface area contributed by atoms with Crippen molar-refractivity contribution in [3.05, 3.63) is 35.4 Å². The number of nitrogens with one attached hydrogen (secondary N) is 1. The van der Waals surface area contributed by atoms with E-state index in [0.29, 0.717) is 6.54 Å². The second kappa shape index (κ2) is 12.7. The molecule has 1 aliphatic rings. The number of hydrogen-bond acceptors (Lipinski definition) is 13. The Kier molecular flexibility index (Phi) is 9.64. The van der Waals surface area contributed by atoms with Crippen LogP contribution in [0, 0.1) is 0 Å². The zero-order valence-corrected chi connectivity index (χ0v) is 21.6. The number of rotatable bonds is 11. The van der Waals surface area contributed by atoms with Crippen LogP contribution in [0.1, 0.15) is 27.6 Å². The lowest BCUT2D eigenvalue weighted by Crippen LogP contribution is -2.60. The standard InChI is InChI=1S/C25H31NO13/c1-5-26-13-9-15(14(34-2)8-12(13)23(31)32)38-25-22(30)21(29)20(28)18(39-25)10-37-24(33)11-6-16(35-3)19(27)17(7-11)36-4/h6-9,18,20-22,25-30H,5,10H2,1-4H3,(H,31,32)/t18-,20-,21+,22-,25-/m1/s1. The van der Waals surface area contributed by atoms with E-state index in [4.69, 9.17) is 28.4 Å². The van der Waals surface area contributed by atoms with Crippen LogP contribution in [0.5, 0.6) is 28.7 Å². The SMILES string of the molecule is CCNc1cc(O[C@@H]2O[C@H](COC(=O)c3cc(OC)c(O)c(OC)c3)[C@@H](O)[C@H](O)[C@H]2O)c(OC)cc1C(=O)O. The van der Waals surface area contributed by atoms with Crippen LogP contribution in [0.25, 0.3) is 0 Å². The maximum Gasteiger partial charge on any atom is 0.338 e. The lowest BCUT2D eigenvalue weighted by atomic mass is 9.99. The number of ether oxygens (including phenoxy) is 6. The van der Waals surface area contributed by atoms with Crippen molar-refractivity contribution in [1.29, 1.82) is 0 Å². The Hall–Kier alpha value is -3.98. The molecule has 2 aromatic rings. The third-order valence-electron chi connectivity index (χ3n) is 5.91. The van der Waals surface area contributed by atoms with E-state index in [0.717, 1.165) is 0 Å². The summed E-state index contributed by atoms with van der Waals surface area (Å²) in [6.45, 7) is 1.59. The van der Waals surface area contributed by atoms with Gasteiger partial charge in [0.15, 0.2) is 23.0 Å². The van der Waals surface area contributed by atoms with Gasteiger partial charge < -0.3 is 59.3 Å². The van der Waals surface area contributed by atoms with Gasteiger partial charge in [-0.15, -0.1) is 0 Å². The van der Waals surface area contributed by atoms with Gasteiger partial charge in [-0.2, -0.15) is 0 Å². The van der Waals surface area contributed by atoms with E-state index < -0.39 is 49.3 Å². The maximum atomic E-state index is 12.7. The first-order valence-corrected chi connectivity index (χ1v) is 11.7. The first-order valence-electron chi connectivity index (χ1n) is 11.7. The number of aromatic hydroxyl groups is 1. The van der Waals surface area contributed by atoms with Crippen molar-refractivity contribution in [3.8, 4) is 28.7 Å². The molecular formula is C25H31NO13. The van der Waals surface area contributed by atoms with Gasteiger partial charge in [-0.1, -0.05) is 0 Å². The minimum absolute atomic E-state index is 0.00340. The van der Waals surface area contributed by atoms with Gasteiger partial charge in [0, 0.05) is 18.7 Å². The number of carboxylic acids is 1. The molecule has 0 unspecified atom stereocenters. The van der Waals surface area contributed by atoms with Crippen molar-refractivity contribution in [1.82, 2.24) is 0 Å². The van der Waals surface area contributed by atoms with Crippen LogP contribution >= 0.6 is 0 Å². The molecule has 39 heavy (non-hydrogen) atoms. The number of benzene rings is 2. The van der Waals surface area contributed by atoms with Crippen LogP contribution in [0.15, 0.2) is 24.3 Å². The monoisotopic (exact) mass is 553 g/mol. The highest BCUT2D eigenvalue weighted by molar-refractivity contribution is 5.95. The van der Waals surface area contributed by atoms with Gasteiger partial charge in [0.2, 0.25) is 12.0 Å². The molecule has 0 aliphatic carbocycles. The first-order chi connectivity index (χ1) is 18.6. The normalized spacial score (nSPS) is 22.5. The van der Waals surface area contributed by atoms with E-state index in [2.05, 4.69) is 5.32 Å². The number of phenolic OH excluding ortho intramolecular Hbond substituents is 1. The molecule has 1 aliphatic heterocycles. The van der Waals surface area contributed by atoms with Gasteiger partial charge in [0.25, 0.3) is 0 Å². The predicted octanol–water partition coefficient (Wildman–Crippen LogP) is 0.591. The summed E-state index contributed by atoms with van der Waals surface area (Å²) in [6, 6.07) is 4.99. The van der Waals surface area contributed by atoms with Crippen molar-refractivity contribution in [2.75, 3.05) is 39.8 Å². The fourth-order valence-electron chi connectivity index (χ4n) is 3.85. The number of hydrogen-bond donors (Lipinski definition) is 6. The van der Waals surface area contributed by atoms with Crippen molar-refractivity contribution < 1.29 is 63.5 Å². The summed E-state index contributed by atoms with van der Waals surface area (Å²) >= 11 is 0. The van der Waals surface area contributed by atoms with Gasteiger partial charge >= 0.3 is 11.9 Å². The van der Waals surface area contributed by atoms with Crippen molar-refractivity contribution >= 4 is 17.6 Å². The van der Waals surface area contributed by atoms with Crippen molar-refractivity contribution in [2.24, 2.45) is 0 Å². The Balaban J connectivity index is 1.80. The van der Waals surface area contributed by atoms with Gasteiger partial charge in [0.05, 0.1) is 38.1 Å². The summed E-state index contributed by atoms with van der Waals surface area (Å²) < 4.78 is 31.8. The summed E-state index contributed by atoms with van der Waals surface area (Å²) in [5.41, 5.74) is 0.0743. The average Bonchev–Trinajstić information content (AvgIpc) is 2.92. The summed E-state index contributed by atoms with van der Waals surface area (Å²) in [4.78, 5) is 24.3. The van der Waals surface area contributed by atoms with E-state index >= 15 is 0 Å². The molecule has 0 bridgehead atoms. The zero-order valence-electron chi connectivity index (χ0n) is 21.6. The Morgan fingerprint density at radius 2 is 1.51 bits per heavy atom. The molecule has 214 valence electrons. The summed E-state index contributed by atoms with van der Waals surface area (Å²) in [5.74, 6) is -2.52. The maximum absolute atomic E-state index is 12.7. The Labute approximate surface area is 223 Å². The highest BCUT2D eigenvalue weighted by Crippen LogP contribution is 2.38. The number of carbonyl (C=O) groups excluding carboxylic acids is 1. The third kappa shape index (κ3) is 6.37. The molecule has 1 heterocycles. The number of aromatic carboxylic acids is 1. The third-order valence-corrected chi connectivity index (χ3v) is 5.91. The first kappa shape index (κ1) is 29.6. The van der Waals surface area contributed by atoms with Crippen LogP contribution in [-0.4, -0.2) is 103 Å². The molecule has 3 rings (SSSR count). The molecule has 1 saturated heterocycles. The van der Waals surface area contributed by atoms with E-state index in [1.165, 1.54) is 45.6 Å². The van der Waals surface area contributed by atoms with Crippen molar-refractivity contribution in [2.45, 2.75) is 37.6 Å². The molecule has 0 spiro atoms. The molecular weight excluding hydrogens is 522 g/mol. The number of carboxylic acid groups (broad SMARTS) is 1. The molecule has 14 heteroatoms. The van der Waals surface area contributed by atoms with E-state index in [1.807, 2.05) is 0 Å². The van der Waals surface area contributed by atoms with Gasteiger partial charge in [-0.05, 0) is 19.1 Å². The topological polar surface area (TPSA) is 203 Å². The van der Waals surface area contributed by atoms with Crippen molar-refractivity contribution in [3.63, 3.8) is 0 Å². The van der Waals surface area contributed by atoms with Crippen LogP contribution in [0.3, 0.4) is 0 Å². The Morgan fingerprint density at radius 3 is 2.05 bits per heavy atom. The fraction of sp³-hybridized carbons (Fsp3) is 0.440. The molecule has 5 atom stereocenters. The summed E-state index contributed by atoms with van der Waals surface area (Å²) in [7, 11) is 3.86. The molecule has 1 fully saturated rings. The van der Waals surface area contributed by atoms with Crippen LogP contribution in [-0.2, 0) is 9.47 Å². The number of carbonyl (C=O) groups is 2. The minimum atomic E-state index is -1.75. The molecule has 6 N–H and O–H groups in total. The average molecular weight is 554 g/mol. The summed E-state index contributed by atoms with van der Waals surface area (Å²) in [5, 5.41) is 53.8.